The highest BCUT2D eigenvalue weighted by Gasteiger charge is 2.27. The minimum Gasteiger partial charge on any atom is -0.493 e. The van der Waals surface area contributed by atoms with E-state index in [2.05, 4.69) is 37.8 Å². The van der Waals surface area contributed by atoms with Crippen LogP contribution in [0.1, 0.15) is 40.0 Å². The normalized spacial score (nSPS) is 19.2. The summed E-state index contributed by atoms with van der Waals surface area (Å²) in [7, 11) is 0. The van der Waals surface area contributed by atoms with Crippen LogP contribution >= 0.6 is 0 Å². The summed E-state index contributed by atoms with van der Waals surface area (Å²) in [5.41, 5.74) is 8.01. The van der Waals surface area contributed by atoms with Crippen LogP contribution in [0.2, 0.25) is 0 Å². The average Bonchev–Trinajstić information content (AvgIpc) is 2.85. The quantitative estimate of drug-likeness (QED) is 0.823. The lowest BCUT2D eigenvalue weighted by Gasteiger charge is -2.30. The molecule has 3 nitrogen and oxygen atoms in total. The standard InChI is InChI=1S/C16H26N2O/c1-4-8-19-15-10-13(17)9-14(11-15)18-7-5-6-16(18)12(2)3/h9-12,16H,4-8,17H2,1-3H3. The molecule has 1 aromatic rings. The molecule has 19 heavy (non-hydrogen) atoms. The van der Waals surface area contributed by atoms with Gasteiger partial charge in [0.05, 0.1) is 6.61 Å². The fraction of sp³-hybridized carbons (Fsp3) is 0.625. The van der Waals surface area contributed by atoms with Crippen molar-refractivity contribution in [3.8, 4) is 5.75 Å². The SMILES string of the molecule is CCCOc1cc(N)cc(N2CCCC2C(C)C)c1. The lowest BCUT2D eigenvalue weighted by atomic mass is 10.0. The Bertz CT molecular complexity index is 417. The molecule has 1 unspecified atom stereocenters. The van der Waals surface area contributed by atoms with Crippen LogP contribution in [0.5, 0.6) is 5.75 Å². The summed E-state index contributed by atoms with van der Waals surface area (Å²) < 4.78 is 5.73. The third-order valence-electron chi connectivity index (χ3n) is 3.79. The molecule has 1 heterocycles. The van der Waals surface area contributed by atoms with E-state index in [-0.39, 0.29) is 0 Å². The van der Waals surface area contributed by atoms with E-state index < -0.39 is 0 Å². The number of rotatable bonds is 5. The van der Waals surface area contributed by atoms with Crippen LogP contribution in [-0.2, 0) is 0 Å². The Kier molecular flexibility index (Phi) is 4.56. The molecule has 2 N–H and O–H groups in total. The fourth-order valence-electron chi connectivity index (χ4n) is 2.88. The lowest BCUT2D eigenvalue weighted by Crippen LogP contribution is -2.33. The maximum atomic E-state index is 6.01. The first kappa shape index (κ1) is 14.0. The van der Waals surface area contributed by atoms with E-state index in [1.165, 1.54) is 18.5 Å². The van der Waals surface area contributed by atoms with E-state index >= 15 is 0 Å². The summed E-state index contributed by atoms with van der Waals surface area (Å²) in [5, 5.41) is 0. The van der Waals surface area contributed by atoms with Crippen LogP contribution in [0.3, 0.4) is 0 Å². The number of benzene rings is 1. The van der Waals surface area contributed by atoms with E-state index in [9.17, 15) is 0 Å². The lowest BCUT2D eigenvalue weighted by molar-refractivity contribution is 0.317. The third-order valence-corrected chi connectivity index (χ3v) is 3.79. The highest BCUT2D eigenvalue weighted by molar-refractivity contribution is 5.61. The Morgan fingerprint density at radius 3 is 2.84 bits per heavy atom. The van der Waals surface area contributed by atoms with Gasteiger partial charge in [-0.25, -0.2) is 0 Å². The van der Waals surface area contributed by atoms with E-state index in [1.54, 1.807) is 0 Å². The molecule has 0 aliphatic carbocycles. The maximum absolute atomic E-state index is 6.01. The molecule has 1 aliphatic rings. The molecule has 106 valence electrons. The summed E-state index contributed by atoms with van der Waals surface area (Å²) in [6.45, 7) is 8.58. The first-order valence-corrected chi connectivity index (χ1v) is 7.41. The first-order valence-electron chi connectivity index (χ1n) is 7.41. The van der Waals surface area contributed by atoms with Gasteiger partial charge < -0.3 is 15.4 Å². The number of nitrogens with zero attached hydrogens (tertiary/aromatic N) is 1. The Morgan fingerprint density at radius 1 is 1.37 bits per heavy atom. The van der Waals surface area contributed by atoms with Gasteiger partial charge in [0.1, 0.15) is 5.75 Å². The molecule has 1 atom stereocenters. The summed E-state index contributed by atoms with van der Waals surface area (Å²) >= 11 is 0. The molecular weight excluding hydrogens is 236 g/mol. The monoisotopic (exact) mass is 262 g/mol. The molecule has 1 aliphatic heterocycles. The molecule has 1 aromatic carbocycles. The topological polar surface area (TPSA) is 38.5 Å². The van der Waals surface area contributed by atoms with Crippen molar-refractivity contribution >= 4 is 11.4 Å². The molecule has 2 rings (SSSR count). The van der Waals surface area contributed by atoms with Gasteiger partial charge in [-0.1, -0.05) is 20.8 Å². The van der Waals surface area contributed by atoms with Gasteiger partial charge >= 0.3 is 0 Å². The molecule has 0 spiro atoms. The zero-order valence-corrected chi connectivity index (χ0v) is 12.4. The number of hydrogen-bond acceptors (Lipinski definition) is 3. The fourth-order valence-corrected chi connectivity index (χ4v) is 2.88. The summed E-state index contributed by atoms with van der Waals surface area (Å²) in [6.07, 6.45) is 3.56. The predicted molar refractivity (Wildman–Crippen MR) is 81.8 cm³/mol. The second-order valence-electron chi connectivity index (χ2n) is 5.76. The zero-order valence-electron chi connectivity index (χ0n) is 12.4. The molecule has 0 amide bonds. The van der Waals surface area contributed by atoms with Gasteiger partial charge in [-0.2, -0.15) is 0 Å². The van der Waals surface area contributed by atoms with Crippen molar-refractivity contribution < 1.29 is 4.74 Å². The Morgan fingerprint density at radius 2 is 2.16 bits per heavy atom. The van der Waals surface area contributed by atoms with E-state index in [1.807, 2.05) is 6.07 Å². The molecule has 0 aromatic heterocycles. The zero-order chi connectivity index (χ0) is 13.8. The van der Waals surface area contributed by atoms with Crippen molar-refractivity contribution in [2.24, 2.45) is 5.92 Å². The van der Waals surface area contributed by atoms with Crippen LogP contribution in [0.15, 0.2) is 18.2 Å². The molecular formula is C16H26N2O. The summed E-state index contributed by atoms with van der Waals surface area (Å²) in [4.78, 5) is 2.49. The van der Waals surface area contributed by atoms with Gasteiger partial charge in [0.25, 0.3) is 0 Å². The Hall–Kier alpha value is -1.38. The minimum absolute atomic E-state index is 0.626. The van der Waals surface area contributed by atoms with Crippen molar-refractivity contribution in [3.63, 3.8) is 0 Å². The molecule has 0 radical (unpaired) electrons. The molecule has 1 fully saturated rings. The molecule has 1 saturated heterocycles. The van der Waals surface area contributed by atoms with Gasteiger partial charge in [0.2, 0.25) is 0 Å². The highest BCUT2D eigenvalue weighted by atomic mass is 16.5. The summed E-state index contributed by atoms with van der Waals surface area (Å²) in [6, 6.07) is 6.74. The van der Waals surface area contributed by atoms with Crippen LogP contribution in [0, 0.1) is 5.92 Å². The van der Waals surface area contributed by atoms with Gasteiger partial charge in [-0.15, -0.1) is 0 Å². The van der Waals surface area contributed by atoms with Crippen molar-refractivity contribution in [2.75, 3.05) is 23.8 Å². The number of anilines is 2. The second kappa shape index (κ2) is 6.18. The van der Waals surface area contributed by atoms with Crippen molar-refractivity contribution in [2.45, 2.75) is 46.1 Å². The third kappa shape index (κ3) is 3.34. The predicted octanol–water partition coefficient (Wildman–Crippen LogP) is 3.68. The van der Waals surface area contributed by atoms with Gasteiger partial charge in [-0.3, -0.25) is 0 Å². The van der Waals surface area contributed by atoms with Gasteiger partial charge in [0.15, 0.2) is 0 Å². The smallest absolute Gasteiger partial charge is 0.123 e. The van der Waals surface area contributed by atoms with Crippen molar-refractivity contribution in [1.29, 1.82) is 0 Å². The van der Waals surface area contributed by atoms with E-state index in [0.29, 0.717) is 12.0 Å². The van der Waals surface area contributed by atoms with Crippen LogP contribution in [0.4, 0.5) is 11.4 Å². The first-order chi connectivity index (χ1) is 9.11. The van der Waals surface area contributed by atoms with Crippen molar-refractivity contribution in [1.82, 2.24) is 0 Å². The number of nitrogen functional groups attached to an aromatic ring is 1. The van der Waals surface area contributed by atoms with E-state index in [0.717, 1.165) is 31.0 Å². The molecule has 3 heteroatoms. The van der Waals surface area contributed by atoms with E-state index in [4.69, 9.17) is 10.5 Å². The van der Waals surface area contributed by atoms with Crippen LogP contribution < -0.4 is 15.4 Å². The van der Waals surface area contributed by atoms with Gasteiger partial charge in [-0.05, 0) is 31.2 Å². The largest absolute Gasteiger partial charge is 0.493 e. The number of nitrogens with two attached hydrogens (primary N) is 1. The molecule has 0 bridgehead atoms. The number of ether oxygens (including phenoxy) is 1. The minimum atomic E-state index is 0.626. The van der Waals surface area contributed by atoms with Crippen LogP contribution in [-0.4, -0.2) is 19.2 Å². The maximum Gasteiger partial charge on any atom is 0.123 e. The highest BCUT2D eigenvalue weighted by Crippen LogP contribution is 2.33. The Labute approximate surface area is 116 Å². The second-order valence-corrected chi connectivity index (χ2v) is 5.76. The molecule has 0 saturated carbocycles. The Balaban J connectivity index is 2.21. The average molecular weight is 262 g/mol. The van der Waals surface area contributed by atoms with Crippen LogP contribution in [0.25, 0.3) is 0 Å². The van der Waals surface area contributed by atoms with Crippen molar-refractivity contribution in [3.05, 3.63) is 18.2 Å². The van der Waals surface area contributed by atoms with Gasteiger partial charge in [0, 0.05) is 36.1 Å². The number of hydrogen-bond donors (Lipinski definition) is 1. The summed E-state index contributed by atoms with van der Waals surface area (Å²) in [5.74, 6) is 1.56.